The van der Waals surface area contributed by atoms with E-state index in [0.29, 0.717) is 16.7 Å². The highest BCUT2D eigenvalue weighted by atomic mass is 35.5. The van der Waals surface area contributed by atoms with Crippen LogP contribution in [0.25, 0.3) is 10.9 Å². The Morgan fingerprint density at radius 3 is 2.81 bits per heavy atom. The number of amides is 1. The largest absolute Gasteiger partial charge is 0.326 e. The molecule has 1 amide bonds. The minimum absolute atomic E-state index is 0.122. The van der Waals surface area contributed by atoms with Crippen molar-refractivity contribution < 1.29 is 4.79 Å². The maximum atomic E-state index is 10.9. The Hall–Kier alpha value is -1.68. The number of fused-ring (bicyclic) bond motifs is 1. The lowest BCUT2D eigenvalue weighted by Crippen LogP contribution is -2.05. The number of carbonyl (C=O) groups excluding carboxylic acids is 1. The molecule has 0 saturated carbocycles. The predicted octanol–water partition coefficient (Wildman–Crippen LogP) is 2.55. The molecule has 1 aromatic carbocycles. The molecule has 0 aliphatic carbocycles. The summed E-state index contributed by atoms with van der Waals surface area (Å²) in [5.74, 6) is 0.508. The monoisotopic (exact) mass is 235 g/mol. The zero-order valence-electron chi connectivity index (χ0n) is 8.91. The van der Waals surface area contributed by atoms with E-state index in [9.17, 15) is 4.79 Å². The van der Waals surface area contributed by atoms with Crippen molar-refractivity contribution in [3.63, 3.8) is 0 Å². The predicted molar refractivity (Wildman–Crippen MR) is 63.6 cm³/mol. The average Bonchev–Trinajstić information content (AvgIpc) is 2.18. The van der Waals surface area contributed by atoms with Crippen molar-refractivity contribution >= 4 is 34.1 Å². The summed E-state index contributed by atoms with van der Waals surface area (Å²) in [4.78, 5) is 19.2. The van der Waals surface area contributed by atoms with Crippen molar-refractivity contribution in [1.82, 2.24) is 9.97 Å². The molecule has 0 unspecified atom stereocenters. The Morgan fingerprint density at radius 1 is 1.38 bits per heavy atom. The second-order valence-corrected chi connectivity index (χ2v) is 3.83. The fourth-order valence-electron chi connectivity index (χ4n) is 1.48. The van der Waals surface area contributed by atoms with E-state index in [1.807, 2.05) is 0 Å². The third-order valence-electron chi connectivity index (χ3n) is 2.08. The Balaban J connectivity index is 2.57. The SMILES string of the molecule is CC(=O)Nc1ccc2nc(C)nc(Cl)c2c1. The molecule has 1 aromatic heterocycles. The summed E-state index contributed by atoms with van der Waals surface area (Å²) in [7, 11) is 0. The molecule has 0 atom stereocenters. The zero-order valence-corrected chi connectivity index (χ0v) is 9.67. The fraction of sp³-hybridized carbons (Fsp3) is 0.182. The van der Waals surface area contributed by atoms with Crippen LogP contribution < -0.4 is 5.32 Å². The van der Waals surface area contributed by atoms with Gasteiger partial charge in [-0.25, -0.2) is 9.97 Å². The number of benzene rings is 1. The van der Waals surface area contributed by atoms with Crippen LogP contribution in [0.2, 0.25) is 5.15 Å². The second-order valence-electron chi connectivity index (χ2n) is 3.47. The van der Waals surface area contributed by atoms with Gasteiger partial charge in [0.25, 0.3) is 0 Å². The first-order valence-corrected chi connectivity index (χ1v) is 5.15. The molecule has 2 rings (SSSR count). The van der Waals surface area contributed by atoms with E-state index in [-0.39, 0.29) is 5.91 Å². The molecule has 1 N–H and O–H groups in total. The minimum Gasteiger partial charge on any atom is -0.326 e. The molecule has 0 bridgehead atoms. The molecular formula is C11H10ClN3O. The molecule has 0 radical (unpaired) electrons. The molecule has 0 fully saturated rings. The highest BCUT2D eigenvalue weighted by Crippen LogP contribution is 2.23. The highest BCUT2D eigenvalue weighted by Gasteiger charge is 2.05. The first-order chi connectivity index (χ1) is 7.56. The van der Waals surface area contributed by atoms with Crippen LogP contribution in [0, 0.1) is 6.92 Å². The number of aromatic nitrogens is 2. The van der Waals surface area contributed by atoms with Gasteiger partial charge in [0.05, 0.1) is 5.52 Å². The van der Waals surface area contributed by atoms with Gasteiger partial charge in [0.1, 0.15) is 11.0 Å². The average molecular weight is 236 g/mol. The molecule has 0 spiro atoms. The number of halogens is 1. The van der Waals surface area contributed by atoms with Crippen LogP contribution in [-0.2, 0) is 4.79 Å². The van der Waals surface area contributed by atoms with Crippen LogP contribution in [0.5, 0.6) is 0 Å². The maximum absolute atomic E-state index is 10.9. The number of aryl methyl sites for hydroxylation is 1. The summed E-state index contributed by atoms with van der Waals surface area (Å²) >= 11 is 6.01. The fourth-order valence-corrected chi connectivity index (χ4v) is 1.76. The molecule has 82 valence electrons. The summed E-state index contributed by atoms with van der Waals surface area (Å²) in [5, 5.41) is 3.82. The van der Waals surface area contributed by atoms with Crippen molar-refractivity contribution in [1.29, 1.82) is 0 Å². The van der Waals surface area contributed by atoms with E-state index >= 15 is 0 Å². The van der Waals surface area contributed by atoms with Gasteiger partial charge >= 0.3 is 0 Å². The standard InChI is InChI=1S/C11H10ClN3O/c1-6-13-10-4-3-8(15-7(2)16)5-9(10)11(12)14-6/h3-5H,1-2H3,(H,15,16). The van der Waals surface area contributed by atoms with Crippen LogP contribution in [0.3, 0.4) is 0 Å². The third-order valence-corrected chi connectivity index (χ3v) is 2.37. The first kappa shape index (κ1) is 10.8. The Kier molecular flexibility index (Phi) is 2.75. The van der Waals surface area contributed by atoms with Crippen LogP contribution in [0.4, 0.5) is 5.69 Å². The van der Waals surface area contributed by atoms with Crippen molar-refractivity contribution in [2.75, 3.05) is 5.32 Å². The number of anilines is 1. The van der Waals surface area contributed by atoms with E-state index in [0.717, 1.165) is 10.9 Å². The van der Waals surface area contributed by atoms with Crippen molar-refractivity contribution in [3.8, 4) is 0 Å². The minimum atomic E-state index is -0.122. The number of rotatable bonds is 1. The summed E-state index contributed by atoms with van der Waals surface area (Å²) in [5.41, 5.74) is 1.46. The highest BCUT2D eigenvalue weighted by molar-refractivity contribution is 6.34. The van der Waals surface area contributed by atoms with Gasteiger partial charge < -0.3 is 5.32 Å². The van der Waals surface area contributed by atoms with Gasteiger partial charge in [-0.3, -0.25) is 4.79 Å². The number of carbonyl (C=O) groups is 1. The molecule has 0 aliphatic rings. The smallest absolute Gasteiger partial charge is 0.221 e. The third kappa shape index (κ3) is 2.12. The van der Waals surface area contributed by atoms with Gasteiger partial charge in [-0.05, 0) is 25.1 Å². The second kappa shape index (κ2) is 4.06. The van der Waals surface area contributed by atoms with E-state index < -0.39 is 0 Å². The quantitative estimate of drug-likeness (QED) is 0.773. The molecule has 16 heavy (non-hydrogen) atoms. The van der Waals surface area contributed by atoms with Gasteiger partial charge in [-0.1, -0.05) is 11.6 Å². The van der Waals surface area contributed by atoms with Crippen LogP contribution in [0.1, 0.15) is 12.7 Å². The molecule has 4 nitrogen and oxygen atoms in total. The van der Waals surface area contributed by atoms with Crippen LogP contribution in [-0.4, -0.2) is 15.9 Å². The number of hydrogen-bond donors (Lipinski definition) is 1. The van der Waals surface area contributed by atoms with Gasteiger partial charge in [0.15, 0.2) is 0 Å². The summed E-state index contributed by atoms with van der Waals surface area (Å²) in [6, 6.07) is 5.35. The number of hydrogen-bond acceptors (Lipinski definition) is 3. The zero-order chi connectivity index (χ0) is 11.7. The summed E-state index contributed by atoms with van der Waals surface area (Å²) < 4.78 is 0. The van der Waals surface area contributed by atoms with Gasteiger partial charge in [-0.2, -0.15) is 0 Å². The first-order valence-electron chi connectivity index (χ1n) is 4.78. The maximum Gasteiger partial charge on any atom is 0.221 e. The summed E-state index contributed by atoms with van der Waals surface area (Å²) in [6.45, 7) is 3.24. The summed E-state index contributed by atoms with van der Waals surface area (Å²) in [6.07, 6.45) is 0. The van der Waals surface area contributed by atoms with Crippen molar-refractivity contribution in [2.24, 2.45) is 0 Å². The molecular weight excluding hydrogens is 226 g/mol. The number of nitrogens with zero attached hydrogens (tertiary/aromatic N) is 2. The Labute approximate surface area is 97.7 Å². The molecule has 0 aliphatic heterocycles. The van der Waals surface area contributed by atoms with E-state index in [2.05, 4.69) is 15.3 Å². The van der Waals surface area contributed by atoms with E-state index in [4.69, 9.17) is 11.6 Å². The van der Waals surface area contributed by atoms with Gasteiger partial charge in [-0.15, -0.1) is 0 Å². The normalized spacial score (nSPS) is 10.4. The van der Waals surface area contributed by atoms with Gasteiger partial charge in [0, 0.05) is 18.0 Å². The van der Waals surface area contributed by atoms with E-state index in [1.165, 1.54) is 6.92 Å². The van der Waals surface area contributed by atoms with E-state index in [1.54, 1.807) is 25.1 Å². The van der Waals surface area contributed by atoms with Crippen LogP contribution in [0.15, 0.2) is 18.2 Å². The Morgan fingerprint density at radius 2 is 2.12 bits per heavy atom. The van der Waals surface area contributed by atoms with Crippen LogP contribution >= 0.6 is 11.6 Å². The lowest BCUT2D eigenvalue weighted by atomic mass is 10.2. The molecule has 1 heterocycles. The molecule has 5 heteroatoms. The van der Waals surface area contributed by atoms with Gasteiger partial charge in [0.2, 0.25) is 5.91 Å². The Bertz CT molecular complexity index is 568. The molecule has 0 saturated heterocycles. The molecule has 2 aromatic rings. The lowest BCUT2D eigenvalue weighted by Gasteiger charge is -2.05. The lowest BCUT2D eigenvalue weighted by molar-refractivity contribution is -0.114. The topological polar surface area (TPSA) is 54.9 Å². The number of nitrogens with one attached hydrogen (secondary N) is 1. The van der Waals surface area contributed by atoms with Crippen molar-refractivity contribution in [3.05, 3.63) is 29.2 Å². The van der Waals surface area contributed by atoms with Crippen molar-refractivity contribution in [2.45, 2.75) is 13.8 Å².